The molecule has 0 spiro atoms. The van der Waals surface area contributed by atoms with E-state index >= 15 is 0 Å². The zero-order valence-corrected chi connectivity index (χ0v) is 13.6. The van der Waals surface area contributed by atoms with E-state index in [1.807, 2.05) is 6.92 Å². The molecule has 4 nitrogen and oxygen atoms in total. The Bertz CT molecular complexity index is 708. The van der Waals surface area contributed by atoms with Crippen LogP contribution in [0.2, 0.25) is 5.15 Å². The van der Waals surface area contributed by atoms with Gasteiger partial charge < -0.3 is 5.32 Å². The van der Waals surface area contributed by atoms with E-state index in [4.69, 9.17) is 16.9 Å². The molecule has 0 unspecified atom stereocenters. The number of carbonyl (C=O) groups is 1. The number of nitrogens with zero attached hydrogens (tertiary/aromatic N) is 2. The summed E-state index contributed by atoms with van der Waals surface area (Å²) >= 11 is 10.5. The van der Waals surface area contributed by atoms with Crippen LogP contribution < -0.4 is 5.32 Å². The molecule has 1 amide bonds. The predicted octanol–water partition coefficient (Wildman–Crippen LogP) is 4.25. The second kappa shape index (κ2) is 6.35. The summed E-state index contributed by atoms with van der Waals surface area (Å²) in [4.78, 5) is 17.1. The molecular formula is C13H9BrClN3OS. The number of thiophene rings is 1. The van der Waals surface area contributed by atoms with E-state index < -0.39 is 0 Å². The van der Waals surface area contributed by atoms with Crippen molar-refractivity contribution in [2.75, 3.05) is 5.32 Å². The number of rotatable bonds is 3. The summed E-state index contributed by atoms with van der Waals surface area (Å²) in [5.74, 6) is -0.384. The Hall–Kier alpha value is -1.42. The van der Waals surface area contributed by atoms with Crippen LogP contribution in [0.1, 0.15) is 27.7 Å². The lowest BCUT2D eigenvalue weighted by atomic mass is 10.2. The fourth-order valence-electron chi connectivity index (χ4n) is 1.54. The zero-order chi connectivity index (χ0) is 14.7. The number of amides is 1. The van der Waals surface area contributed by atoms with Gasteiger partial charge in [-0.1, -0.05) is 18.5 Å². The quantitative estimate of drug-likeness (QED) is 0.822. The molecule has 7 heteroatoms. The number of carbonyl (C=O) groups excluding carboxylic acids is 1. The first-order valence-electron chi connectivity index (χ1n) is 5.70. The smallest absolute Gasteiger partial charge is 0.259 e. The molecule has 0 bridgehead atoms. The molecular weight excluding hydrogens is 362 g/mol. The van der Waals surface area contributed by atoms with Crippen LogP contribution in [0.25, 0.3) is 0 Å². The molecule has 0 saturated heterocycles. The second-order valence-corrected chi connectivity index (χ2v) is 6.28. The highest BCUT2D eigenvalue weighted by Crippen LogP contribution is 2.29. The molecule has 0 radical (unpaired) electrons. The first-order chi connectivity index (χ1) is 9.55. The fourth-order valence-corrected chi connectivity index (χ4v) is 3.01. The van der Waals surface area contributed by atoms with E-state index in [1.165, 1.54) is 17.5 Å². The predicted molar refractivity (Wildman–Crippen MR) is 83.3 cm³/mol. The topological polar surface area (TPSA) is 65.8 Å². The minimum absolute atomic E-state index is 0.122. The van der Waals surface area contributed by atoms with Crippen molar-refractivity contribution < 1.29 is 4.79 Å². The summed E-state index contributed by atoms with van der Waals surface area (Å²) in [5, 5.41) is 12.4. The van der Waals surface area contributed by atoms with Gasteiger partial charge in [0, 0.05) is 15.5 Å². The second-order valence-electron chi connectivity index (χ2n) is 3.87. The summed E-state index contributed by atoms with van der Waals surface area (Å²) in [6, 6.07) is 5.44. The Labute approximate surface area is 133 Å². The van der Waals surface area contributed by atoms with Crippen LogP contribution in [0.4, 0.5) is 5.00 Å². The highest BCUT2D eigenvalue weighted by atomic mass is 79.9. The maximum absolute atomic E-state index is 12.2. The monoisotopic (exact) mass is 369 g/mol. The fraction of sp³-hybridized carbons (Fsp3) is 0.154. The molecule has 0 aliphatic carbocycles. The van der Waals surface area contributed by atoms with Crippen LogP contribution in [0.15, 0.2) is 22.8 Å². The summed E-state index contributed by atoms with van der Waals surface area (Å²) in [6.07, 6.45) is 2.33. The van der Waals surface area contributed by atoms with Crippen molar-refractivity contribution in [1.29, 1.82) is 5.26 Å². The van der Waals surface area contributed by atoms with Crippen LogP contribution in [-0.2, 0) is 6.42 Å². The first-order valence-corrected chi connectivity index (χ1v) is 7.69. The van der Waals surface area contributed by atoms with E-state index in [1.54, 1.807) is 12.1 Å². The minimum atomic E-state index is -0.384. The van der Waals surface area contributed by atoms with Gasteiger partial charge in [0.1, 0.15) is 16.2 Å². The van der Waals surface area contributed by atoms with Crippen molar-refractivity contribution in [3.8, 4) is 6.07 Å². The molecule has 0 aliphatic heterocycles. The lowest BCUT2D eigenvalue weighted by molar-refractivity contribution is 0.102. The minimum Gasteiger partial charge on any atom is -0.312 e. The summed E-state index contributed by atoms with van der Waals surface area (Å²) in [6.45, 7) is 1.99. The summed E-state index contributed by atoms with van der Waals surface area (Å²) in [7, 11) is 0. The van der Waals surface area contributed by atoms with E-state index in [2.05, 4.69) is 32.3 Å². The molecule has 1 N–H and O–H groups in total. The SMILES string of the molecule is CCc1cc(C#N)c(NC(=O)c2cc(Br)cnc2Cl)s1. The van der Waals surface area contributed by atoms with Crippen LogP contribution in [0, 0.1) is 11.3 Å². The van der Waals surface area contributed by atoms with E-state index in [0.717, 1.165) is 11.3 Å². The van der Waals surface area contributed by atoms with Gasteiger partial charge in [0.15, 0.2) is 0 Å². The number of anilines is 1. The maximum Gasteiger partial charge on any atom is 0.259 e. The van der Waals surface area contributed by atoms with Crippen LogP contribution in [0.3, 0.4) is 0 Å². The average molecular weight is 371 g/mol. The number of halogens is 2. The molecule has 2 aromatic heterocycles. The van der Waals surface area contributed by atoms with Gasteiger partial charge in [-0.3, -0.25) is 4.79 Å². The van der Waals surface area contributed by atoms with Crippen molar-refractivity contribution in [2.45, 2.75) is 13.3 Å². The highest BCUT2D eigenvalue weighted by molar-refractivity contribution is 9.10. The normalized spacial score (nSPS) is 10.1. The average Bonchev–Trinajstić information content (AvgIpc) is 2.83. The lowest BCUT2D eigenvalue weighted by Crippen LogP contribution is -2.12. The Morgan fingerprint density at radius 3 is 3.00 bits per heavy atom. The third kappa shape index (κ3) is 3.18. The number of hydrogen-bond donors (Lipinski definition) is 1. The Morgan fingerprint density at radius 1 is 1.60 bits per heavy atom. The van der Waals surface area contributed by atoms with Crippen molar-refractivity contribution in [3.05, 3.63) is 44.0 Å². The van der Waals surface area contributed by atoms with Gasteiger partial charge in [0.2, 0.25) is 0 Å². The molecule has 20 heavy (non-hydrogen) atoms. The number of hydrogen-bond acceptors (Lipinski definition) is 4. The Kier molecular flexibility index (Phi) is 4.76. The third-order valence-corrected chi connectivity index (χ3v) is 4.46. The molecule has 0 saturated carbocycles. The van der Waals surface area contributed by atoms with Crippen LogP contribution in [-0.4, -0.2) is 10.9 Å². The van der Waals surface area contributed by atoms with Crippen molar-refractivity contribution in [3.63, 3.8) is 0 Å². The van der Waals surface area contributed by atoms with Gasteiger partial charge in [-0.05, 0) is 34.5 Å². The number of aryl methyl sites for hydroxylation is 1. The summed E-state index contributed by atoms with van der Waals surface area (Å²) < 4.78 is 0.660. The van der Waals surface area contributed by atoms with Crippen LogP contribution >= 0.6 is 38.9 Å². The molecule has 0 atom stereocenters. The molecule has 2 aromatic rings. The van der Waals surface area contributed by atoms with Crippen LogP contribution in [0.5, 0.6) is 0 Å². The van der Waals surface area contributed by atoms with E-state index in [9.17, 15) is 4.79 Å². The van der Waals surface area contributed by atoms with Gasteiger partial charge in [-0.2, -0.15) is 5.26 Å². The summed E-state index contributed by atoms with van der Waals surface area (Å²) in [5.41, 5.74) is 0.718. The standard InChI is InChI=1S/C13H9BrClN3OS/c1-2-9-3-7(5-16)13(20-9)18-12(19)10-4-8(14)6-17-11(10)15/h3-4,6H,2H2,1H3,(H,18,19). The van der Waals surface area contributed by atoms with Gasteiger partial charge in [-0.25, -0.2) is 4.98 Å². The maximum atomic E-state index is 12.2. The first kappa shape index (κ1) is 15.0. The highest BCUT2D eigenvalue weighted by Gasteiger charge is 2.16. The Balaban J connectivity index is 2.30. The molecule has 2 heterocycles. The van der Waals surface area contributed by atoms with Gasteiger partial charge in [0.25, 0.3) is 5.91 Å². The molecule has 0 fully saturated rings. The van der Waals surface area contributed by atoms with Gasteiger partial charge in [0.05, 0.1) is 11.1 Å². The molecule has 2 rings (SSSR count). The van der Waals surface area contributed by atoms with Crippen molar-refractivity contribution in [2.24, 2.45) is 0 Å². The molecule has 0 aliphatic rings. The number of aromatic nitrogens is 1. The van der Waals surface area contributed by atoms with Crippen molar-refractivity contribution in [1.82, 2.24) is 4.98 Å². The molecule has 102 valence electrons. The van der Waals surface area contributed by atoms with Crippen molar-refractivity contribution >= 4 is 49.8 Å². The number of nitrogens with one attached hydrogen (secondary N) is 1. The van der Waals surface area contributed by atoms with Gasteiger partial charge >= 0.3 is 0 Å². The van der Waals surface area contributed by atoms with E-state index in [0.29, 0.717) is 15.0 Å². The van der Waals surface area contributed by atoms with E-state index in [-0.39, 0.29) is 16.6 Å². The number of pyridine rings is 1. The largest absolute Gasteiger partial charge is 0.312 e. The van der Waals surface area contributed by atoms with Gasteiger partial charge in [-0.15, -0.1) is 11.3 Å². The number of nitriles is 1. The Morgan fingerprint density at radius 2 is 2.35 bits per heavy atom. The lowest BCUT2D eigenvalue weighted by Gasteiger charge is -2.05. The zero-order valence-electron chi connectivity index (χ0n) is 10.4. The molecule has 0 aromatic carbocycles. The third-order valence-electron chi connectivity index (χ3n) is 2.53.